The number of aryl methyl sites for hydroxylation is 2. The van der Waals surface area contributed by atoms with E-state index in [0.29, 0.717) is 12.0 Å². The smallest absolute Gasteiger partial charge is 0.224 e. The van der Waals surface area contributed by atoms with Crippen molar-refractivity contribution >= 4 is 11.6 Å². The SMILES string of the molecule is Cc1ccccc1NC(=O)CCc1ccc(F)c(F)c1. The van der Waals surface area contributed by atoms with Gasteiger partial charge in [-0.1, -0.05) is 24.3 Å². The Morgan fingerprint density at radius 1 is 1.10 bits per heavy atom. The van der Waals surface area contributed by atoms with E-state index in [9.17, 15) is 13.6 Å². The maximum atomic E-state index is 13.0. The van der Waals surface area contributed by atoms with Crippen LogP contribution in [0.5, 0.6) is 0 Å². The van der Waals surface area contributed by atoms with E-state index in [2.05, 4.69) is 5.32 Å². The Morgan fingerprint density at radius 2 is 1.85 bits per heavy atom. The van der Waals surface area contributed by atoms with Gasteiger partial charge in [-0.2, -0.15) is 0 Å². The Kier molecular flexibility index (Phi) is 4.45. The monoisotopic (exact) mass is 275 g/mol. The summed E-state index contributed by atoms with van der Waals surface area (Å²) in [6.07, 6.45) is 0.592. The van der Waals surface area contributed by atoms with E-state index in [1.54, 1.807) is 0 Å². The van der Waals surface area contributed by atoms with Crippen LogP contribution in [0.25, 0.3) is 0 Å². The van der Waals surface area contributed by atoms with Crippen LogP contribution in [0, 0.1) is 18.6 Å². The first-order valence-electron chi connectivity index (χ1n) is 6.35. The van der Waals surface area contributed by atoms with Crippen LogP contribution < -0.4 is 5.32 Å². The number of hydrogen-bond acceptors (Lipinski definition) is 1. The average Bonchev–Trinajstić information content (AvgIpc) is 2.43. The van der Waals surface area contributed by atoms with Gasteiger partial charge in [0.05, 0.1) is 0 Å². The molecule has 0 aliphatic heterocycles. The van der Waals surface area contributed by atoms with Crippen LogP contribution in [-0.4, -0.2) is 5.91 Å². The number of rotatable bonds is 4. The van der Waals surface area contributed by atoms with Crippen molar-refractivity contribution in [2.75, 3.05) is 5.32 Å². The second-order valence-corrected chi connectivity index (χ2v) is 4.61. The molecule has 1 N–H and O–H groups in total. The number of carbonyl (C=O) groups excluding carboxylic acids is 1. The van der Waals surface area contributed by atoms with Crippen molar-refractivity contribution in [1.82, 2.24) is 0 Å². The van der Waals surface area contributed by atoms with Crippen molar-refractivity contribution in [3.63, 3.8) is 0 Å². The third-order valence-electron chi connectivity index (χ3n) is 3.04. The van der Waals surface area contributed by atoms with Gasteiger partial charge in [0.25, 0.3) is 0 Å². The van der Waals surface area contributed by atoms with E-state index in [4.69, 9.17) is 0 Å². The van der Waals surface area contributed by atoms with Gasteiger partial charge in [-0.15, -0.1) is 0 Å². The summed E-state index contributed by atoms with van der Waals surface area (Å²) in [4.78, 5) is 11.8. The van der Waals surface area contributed by atoms with Crippen molar-refractivity contribution in [3.8, 4) is 0 Å². The van der Waals surface area contributed by atoms with Crippen LogP contribution in [0.3, 0.4) is 0 Å². The van der Waals surface area contributed by atoms with Gasteiger partial charge < -0.3 is 5.32 Å². The number of carbonyl (C=O) groups is 1. The van der Waals surface area contributed by atoms with Gasteiger partial charge in [0.2, 0.25) is 5.91 Å². The molecule has 0 aromatic heterocycles. The number of para-hydroxylation sites is 1. The number of halogens is 2. The molecule has 0 spiro atoms. The summed E-state index contributed by atoms with van der Waals surface area (Å²) in [6, 6.07) is 11.2. The fourth-order valence-corrected chi connectivity index (χ4v) is 1.88. The summed E-state index contributed by atoms with van der Waals surface area (Å²) in [5.41, 5.74) is 2.35. The van der Waals surface area contributed by atoms with Gasteiger partial charge in [-0.3, -0.25) is 4.79 Å². The van der Waals surface area contributed by atoms with Gasteiger partial charge >= 0.3 is 0 Å². The molecule has 2 aromatic rings. The zero-order valence-electron chi connectivity index (χ0n) is 11.1. The Bertz CT molecular complexity index is 626. The van der Waals surface area contributed by atoms with Crippen molar-refractivity contribution in [2.24, 2.45) is 0 Å². The zero-order chi connectivity index (χ0) is 14.5. The minimum atomic E-state index is -0.887. The number of hydrogen-bond donors (Lipinski definition) is 1. The van der Waals surface area contributed by atoms with Crippen LogP contribution in [0.2, 0.25) is 0 Å². The first-order chi connectivity index (χ1) is 9.56. The molecule has 0 heterocycles. The fraction of sp³-hybridized carbons (Fsp3) is 0.188. The minimum absolute atomic E-state index is 0.149. The summed E-state index contributed by atoms with van der Waals surface area (Å²) < 4.78 is 25.8. The maximum absolute atomic E-state index is 13.0. The van der Waals surface area contributed by atoms with Gasteiger partial charge in [-0.25, -0.2) is 8.78 Å². The highest BCUT2D eigenvalue weighted by atomic mass is 19.2. The van der Waals surface area contributed by atoms with Crippen LogP contribution >= 0.6 is 0 Å². The van der Waals surface area contributed by atoms with E-state index in [1.807, 2.05) is 31.2 Å². The third-order valence-corrected chi connectivity index (χ3v) is 3.04. The molecule has 0 saturated heterocycles. The van der Waals surface area contributed by atoms with Gasteiger partial charge in [-0.05, 0) is 42.7 Å². The van der Waals surface area contributed by atoms with E-state index < -0.39 is 11.6 Å². The molecular formula is C16H15F2NO. The molecule has 2 aromatic carbocycles. The van der Waals surface area contributed by atoms with Crippen molar-refractivity contribution < 1.29 is 13.6 Å². The molecule has 20 heavy (non-hydrogen) atoms. The molecule has 0 radical (unpaired) electrons. The predicted molar refractivity (Wildman–Crippen MR) is 74.5 cm³/mol. The van der Waals surface area contributed by atoms with E-state index in [1.165, 1.54) is 6.07 Å². The Labute approximate surface area is 116 Å². The Morgan fingerprint density at radius 3 is 2.55 bits per heavy atom. The summed E-state index contributed by atoms with van der Waals surface area (Å²) in [6.45, 7) is 1.91. The second kappa shape index (κ2) is 6.28. The molecule has 0 bridgehead atoms. The van der Waals surface area contributed by atoms with Gasteiger partial charge in [0, 0.05) is 12.1 Å². The lowest BCUT2D eigenvalue weighted by molar-refractivity contribution is -0.116. The molecule has 0 fully saturated rings. The number of benzene rings is 2. The highest BCUT2D eigenvalue weighted by molar-refractivity contribution is 5.91. The lowest BCUT2D eigenvalue weighted by atomic mass is 10.1. The second-order valence-electron chi connectivity index (χ2n) is 4.61. The van der Waals surface area contributed by atoms with Crippen molar-refractivity contribution in [2.45, 2.75) is 19.8 Å². The molecule has 104 valence electrons. The normalized spacial score (nSPS) is 10.3. The number of amides is 1. The fourth-order valence-electron chi connectivity index (χ4n) is 1.88. The van der Waals surface area contributed by atoms with Crippen LogP contribution in [0.4, 0.5) is 14.5 Å². The first kappa shape index (κ1) is 14.2. The highest BCUT2D eigenvalue weighted by Gasteiger charge is 2.07. The molecule has 0 aliphatic rings. The topological polar surface area (TPSA) is 29.1 Å². The van der Waals surface area contributed by atoms with E-state index in [0.717, 1.165) is 23.4 Å². The lowest BCUT2D eigenvalue weighted by Crippen LogP contribution is -2.13. The van der Waals surface area contributed by atoms with Crippen LogP contribution in [0.1, 0.15) is 17.5 Å². The van der Waals surface area contributed by atoms with E-state index in [-0.39, 0.29) is 12.3 Å². The first-order valence-corrected chi connectivity index (χ1v) is 6.35. The number of anilines is 1. The molecule has 0 saturated carbocycles. The van der Waals surface area contributed by atoms with Gasteiger partial charge in [0.1, 0.15) is 0 Å². The quantitative estimate of drug-likeness (QED) is 0.902. The minimum Gasteiger partial charge on any atom is -0.326 e. The largest absolute Gasteiger partial charge is 0.326 e. The Balaban J connectivity index is 1.92. The van der Waals surface area contributed by atoms with E-state index >= 15 is 0 Å². The zero-order valence-corrected chi connectivity index (χ0v) is 11.1. The molecule has 0 atom stereocenters. The highest BCUT2D eigenvalue weighted by Crippen LogP contribution is 2.14. The Hall–Kier alpha value is -2.23. The molecule has 4 heteroatoms. The van der Waals surface area contributed by atoms with Crippen molar-refractivity contribution in [3.05, 3.63) is 65.2 Å². The average molecular weight is 275 g/mol. The summed E-state index contributed by atoms with van der Waals surface area (Å²) >= 11 is 0. The summed E-state index contributed by atoms with van der Waals surface area (Å²) in [5, 5.41) is 2.80. The standard InChI is InChI=1S/C16H15F2NO/c1-11-4-2-3-5-15(11)19-16(20)9-7-12-6-8-13(17)14(18)10-12/h2-6,8,10H,7,9H2,1H3,(H,19,20). The number of nitrogens with one attached hydrogen (secondary N) is 1. The maximum Gasteiger partial charge on any atom is 0.224 e. The molecule has 2 nitrogen and oxygen atoms in total. The van der Waals surface area contributed by atoms with Crippen LogP contribution in [-0.2, 0) is 11.2 Å². The lowest BCUT2D eigenvalue weighted by Gasteiger charge is -2.08. The molecule has 0 aliphatic carbocycles. The predicted octanol–water partition coefficient (Wildman–Crippen LogP) is 3.84. The van der Waals surface area contributed by atoms with Crippen LogP contribution in [0.15, 0.2) is 42.5 Å². The summed E-state index contributed by atoms with van der Waals surface area (Å²) in [5.74, 6) is -1.91. The third kappa shape index (κ3) is 3.63. The molecule has 1 amide bonds. The molecule has 2 rings (SSSR count). The van der Waals surface area contributed by atoms with Crippen molar-refractivity contribution in [1.29, 1.82) is 0 Å². The molecular weight excluding hydrogens is 260 g/mol. The molecule has 0 unspecified atom stereocenters. The summed E-state index contributed by atoms with van der Waals surface area (Å²) in [7, 11) is 0. The van der Waals surface area contributed by atoms with Gasteiger partial charge in [0.15, 0.2) is 11.6 Å².